The molecule has 0 unspecified atom stereocenters. The standard InChI is InChI=1S/C13H18BrNO/c1-2-16-13-7-12(8-13)15-9-10-4-3-5-11(14)6-10/h3-6,12-13,15H,2,7-9H2,1H3. The Morgan fingerprint density at radius 3 is 2.94 bits per heavy atom. The van der Waals surface area contributed by atoms with Gasteiger partial charge < -0.3 is 10.1 Å². The molecule has 0 amide bonds. The zero-order valence-electron chi connectivity index (χ0n) is 9.58. The molecule has 3 heteroatoms. The van der Waals surface area contributed by atoms with Gasteiger partial charge in [-0.25, -0.2) is 0 Å². The van der Waals surface area contributed by atoms with Crippen molar-refractivity contribution >= 4 is 15.9 Å². The minimum atomic E-state index is 0.491. The maximum Gasteiger partial charge on any atom is 0.0604 e. The lowest BCUT2D eigenvalue weighted by Crippen LogP contribution is -2.45. The van der Waals surface area contributed by atoms with E-state index in [1.165, 1.54) is 5.56 Å². The molecule has 0 saturated heterocycles. The summed E-state index contributed by atoms with van der Waals surface area (Å²) in [4.78, 5) is 0. The maximum atomic E-state index is 5.53. The molecule has 1 N–H and O–H groups in total. The Morgan fingerprint density at radius 2 is 2.25 bits per heavy atom. The molecule has 1 fully saturated rings. The summed E-state index contributed by atoms with van der Waals surface area (Å²) in [6.07, 6.45) is 2.80. The van der Waals surface area contributed by atoms with Gasteiger partial charge in [-0.2, -0.15) is 0 Å². The fourth-order valence-electron chi connectivity index (χ4n) is 2.01. The van der Waals surface area contributed by atoms with Crippen LogP contribution in [-0.2, 0) is 11.3 Å². The summed E-state index contributed by atoms with van der Waals surface area (Å²) >= 11 is 3.48. The number of hydrogen-bond donors (Lipinski definition) is 1. The second kappa shape index (κ2) is 5.80. The van der Waals surface area contributed by atoms with Crippen molar-refractivity contribution in [3.63, 3.8) is 0 Å². The molecule has 0 bridgehead atoms. The van der Waals surface area contributed by atoms with Gasteiger partial charge >= 0.3 is 0 Å². The van der Waals surface area contributed by atoms with E-state index in [0.717, 1.165) is 30.5 Å². The summed E-state index contributed by atoms with van der Waals surface area (Å²) in [5.41, 5.74) is 1.33. The van der Waals surface area contributed by atoms with Gasteiger partial charge in [0.05, 0.1) is 6.10 Å². The summed E-state index contributed by atoms with van der Waals surface area (Å²) in [5, 5.41) is 3.55. The van der Waals surface area contributed by atoms with Crippen LogP contribution in [0.5, 0.6) is 0 Å². The van der Waals surface area contributed by atoms with Crippen molar-refractivity contribution in [2.75, 3.05) is 6.61 Å². The van der Waals surface area contributed by atoms with Gasteiger partial charge in [-0.1, -0.05) is 28.1 Å². The highest BCUT2D eigenvalue weighted by Gasteiger charge is 2.28. The summed E-state index contributed by atoms with van der Waals surface area (Å²) < 4.78 is 6.68. The van der Waals surface area contributed by atoms with Crippen molar-refractivity contribution < 1.29 is 4.74 Å². The zero-order chi connectivity index (χ0) is 11.4. The van der Waals surface area contributed by atoms with Crippen LogP contribution in [0.3, 0.4) is 0 Å². The topological polar surface area (TPSA) is 21.3 Å². The third-order valence-corrected chi connectivity index (χ3v) is 3.47. The number of nitrogens with one attached hydrogen (secondary N) is 1. The van der Waals surface area contributed by atoms with Gasteiger partial charge in [-0.05, 0) is 37.5 Å². The highest BCUT2D eigenvalue weighted by atomic mass is 79.9. The van der Waals surface area contributed by atoms with Gasteiger partial charge in [0.15, 0.2) is 0 Å². The zero-order valence-corrected chi connectivity index (χ0v) is 11.2. The van der Waals surface area contributed by atoms with Crippen LogP contribution in [0.25, 0.3) is 0 Å². The maximum absolute atomic E-state index is 5.53. The molecule has 2 nitrogen and oxygen atoms in total. The molecular formula is C13H18BrNO. The smallest absolute Gasteiger partial charge is 0.0604 e. The molecule has 0 aliphatic heterocycles. The number of halogens is 1. The van der Waals surface area contributed by atoms with Crippen molar-refractivity contribution in [2.45, 2.75) is 38.5 Å². The summed E-state index contributed by atoms with van der Waals surface area (Å²) in [5.74, 6) is 0. The van der Waals surface area contributed by atoms with E-state index in [2.05, 4.69) is 52.4 Å². The van der Waals surface area contributed by atoms with E-state index in [-0.39, 0.29) is 0 Å². The SMILES string of the molecule is CCOC1CC(NCc2cccc(Br)c2)C1. The van der Waals surface area contributed by atoms with E-state index in [0.29, 0.717) is 12.1 Å². The minimum Gasteiger partial charge on any atom is -0.378 e. The third kappa shape index (κ3) is 3.30. The summed E-state index contributed by atoms with van der Waals surface area (Å²) in [6.45, 7) is 3.84. The van der Waals surface area contributed by atoms with Crippen LogP contribution in [0.15, 0.2) is 28.7 Å². The Balaban J connectivity index is 1.69. The van der Waals surface area contributed by atoms with Crippen LogP contribution in [0.2, 0.25) is 0 Å². The van der Waals surface area contributed by atoms with E-state index in [9.17, 15) is 0 Å². The lowest BCUT2D eigenvalue weighted by Gasteiger charge is -2.35. The monoisotopic (exact) mass is 283 g/mol. The van der Waals surface area contributed by atoms with Crippen LogP contribution in [0.1, 0.15) is 25.3 Å². The largest absolute Gasteiger partial charge is 0.378 e. The van der Waals surface area contributed by atoms with Gasteiger partial charge in [-0.15, -0.1) is 0 Å². The van der Waals surface area contributed by atoms with Crippen LogP contribution >= 0.6 is 15.9 Å². The Labute approximate surface area is 106 Å². The Kier molecular flexibility index (Phi) is 4.38. The molecule has 1 aliphatic carbocycles. The molecule has 0 radical (unpaired) electrons. The summed E-state index contributed by atoms with van der Waals surface area (Å²) in [7, 11) is 0. The second-order valence-electron chi connectivity index (χ2n) is 4.26. The third-order valence-electron chi connectivity index (χ3n) is 2.98. The minimum absolute atomic E-state index is 0.491. The first kappa shape index (κ1) is 12.1. The second-order valence-corrected chi connectivity index (χ2v) is 5.17. The fourth-order valence-corrected chi connectivity index (χ4v) is 2.46. The van der Waals surface area contributed by atoms with E-state index in [4.69, 9.17) is 4.74 Å². The molecule has 0 spiro atoms. The lowest BCUT2D eigenvalue weighted by molar-refractivity contribution is -0.0102. The van der Waals surface area contributed by atoms with Gasteiger partial charge in [0.2, 0.25) is 0 Å². The lowest BCUT2D eigenvalue weighted by atomic mass is 9.89. The number of rotatable bonds is 5. The van der Waals surface area contributed by atoms with Crippen molar-refractivity contribution in [3.05, 3.63) is 34.3 Å². The van der Waals surface area contributed by atoms with Crippen LogP contribution < -0.4 is 5.32 Å². The highest BCUT2D eigenvalue weighted by molar-refractivity contribution is 9.10. The number of ether oxygens (including phenoxy) is 1. The molecule has 2 rings (SSSR count). The van der Waals surface area contributed by atoms with Crippen LogP contribution in [-0.4, -0.2) is 18.8 Å². The predicted octanol–water partition coefficient (Wildman–Crippen LogP) is 3.11. The van der Waals surface area contributed by atoms with Crippen LogP contribution in [0, 0.1) is 0 Å². The Bertz CT molecular complexity index is 336. The van der Waals surface area contributed by atoms with Crippen molar-refractivity contribution in [1.29, 1.82) is 0 Å². The molecule has 1 aromatic carbocycles. The highest BCUT2D eigenvalue weighted by Crippen LogP contribution is 2.23. The normalized spacial score (nSPS) is 24.1. The number of benzene rings is 1. The molecule has 0 heterocycles. The molecule has 1 saturated carbocycles. The molecule has 16 heavy (non-hydrogen) atoms. The van der Waals surface area contributed by atoms with Crippen molar-refractivity contribution in [1.82, 2.24) is 5.32 Å². The van der Waals surface area contributed by atoms with Gasteiger partial charge in [0, 0.05) is 23.7 Å². The molecule has 1 aliphatic rings. The fraction of sp³-hybridized carbons (Fsp3) is 0.538. The average Bonchev–Trinajstić information content (AvgIpc) is 2.21. The Hall–Kier alpha value is -0.380. The van der Waals surface area contributed by atoms with E-state index >= 15 is 0 Å². The Morgan fingerprint density at radius 1 is 1.44 bits per heavy atom. The quantitative estimate of drug-likeness (QED) is 0.897. The predicted molar refractivity (Wildman–Crippen MR) is 69.4 cm³/mol. The van der Waals surface area contributed by atoms with E-state index in [1.54, 1.807) is 0 Å². The van der Waals surface area contributed by atoms with Crippen LogP contribution in [0.4, 0.5) is 0 Å². The molecule has 88 valence electrons. The van der Waals surface area contributed by atoms with Gasteiger partial charge in [-0.3, -0.25) is 0 Å². The van der Waals surface area contributed by atoms with Crippen molar-refractivity contribution in [3.8, 4) is 0 Å². The van der Waals surface area contributed by atoms with E-state index in [1.807, 2.05) is 0 Å². The number of hydrogen-bond acceptors (Lipinski definition) is 2. The van der Waals surface area contributed by atoms with E-state index < -0.39 is 0 Å². The first-order chi connectivity index (χ1) is 7.78. The van der Waals surface area contributed by atoms with Gasteiger partial charge in [0.25, 0.3) is 0 Å². The molecule has 1 aromatic rings. The van der Waals surface area contributed by atoms with Crippen molar-refractivity contribution in [2.24, 2.45) is 0 Å². The molecule has 0 atom stereocenters. The summed E-state index contributed by atoms with van der Waals surface area (Å²) in [6, 6.07) is 9.07. The molecular weight excluding hydrogens is 266 g/mol. The van der Waals surface area contributed by atoms with Gasteiger partial charge in [0.1, 0.15) is 0 Å². The first-order valence-corrected chi connectivity index (χ1v) is 6.66. The average molecular weight is 284 g/mol. The first-order valence-electron chi connectivity index (χ1n) is 5.87. The molecule has 0 aromatic heterocycles.